The summed E-state index contributed by atoms with van der Waals surface area (Å²) in [6, 6.07) is 19.8. The molecule has 0 N–H and O–H groups in total. The van der Waals surface area contributed by atoms with Crippen LogP contribution in [-0.2, 0) is 9.53 Å². The van der Waals surface area contributed by atoms with Crippen molar-refractivity contribution in [3.8, 4) is 0 Å². The number of carbonyl (C=O) groups excluding carboxylic acids is 1. The molecule has 0 amide bonds. The van der Waals surface area contributed by atoms with Crippen molar-refractivity contribution in [2.75, 3.05) is 6.61 Å². The summed E-state index contributed by atoms with van der Waals surface area (Å²) in [6.45, 7) is 6.52. The van der Waals surface area contributed by atoms with Gasteiger partial charge < -0.3 is 4.74 Å². The van der Waals surface area contributed by atoms with Gasteiger partial charge >= 0.3 is 5.97 Å². The van der Waals surface area contributed by atoms with Gasteiger partial charge in [-0.25, -0.2) is 4.79 Å². The molecule has 2 aromatic carbocycles. The molecule has 2 nitrogen and oxygen atoms in total. The molecular weight excluding hydrogens is 272 g/mol. The van der Waals surface area contributed by atoms with E-state index < -0.39 is 0 Å². The van der Waals surface area contributed by atoms with Crippen LogP contribution in [0.1, 0.15) is 31.9 Å². The number of hydrogen-bond donors (Lipinski definition) is 0. The molecule has 0 radical (unpaired) electrons. The SMILES string of the molecule is CC(C)(C)COC(=O)C=C(c1ccccc1)c1ccccc1. The molecule has 0 saturated carbocycles. The highest BCUT2D eigenvalue weighted by molar-refractivity contribution is 5.96. The highest BCUT2D eigenvalue weighted by Gasteiger charge is 2.14. The summed E-state index contributed by atoms with van der Waals surface area (Å²) in [5, 5.41) is 0. The van der Waals surface area contributed by atoms with Gasteiger partial charge in [-0.05, 0) is 22.1 Å². The van der Waals surface area contributed by atoms with Gasteiger partial charge in [0, 0.05) is 6.08 Å². The maximum absolute atomic E-state index is 12.1. The van der Waals surface area contributed by atoms with Gasteiger partial charge in [-0.15, -0.1) is 0 Å². The van der Waals surface area contributed by atoms with Crippen LogP contribution in [0.25, 0.3) is 5.57 Å². The Morgan fingerprint density at radius 2 is 1.36 bits per heavy atom. The molecule has 0 atom stereocenters. The molecule has 2 rings (SSSR count). The molecule has 22 heavy (non-hydrogen) atoms. The van der Waals surface area contributed by atoms with Crippen LogP contribution in [0.3, 0.4) is 0 Å². The summed E-state index contributed by atoms with van der Waals surface area (Å²) in [7, 11) is 0. The van der Waals surface area contributed by atoms with E-state index in [1.54, 1.807) is 6.08 Å². The van der Waals surface area contributed by atoms with Crippen LogP contribution in [0.5, 0.6) is 0 Å². The minimum Gasteiger partial charge on any atom is -0.462 e. The second kappa shape index (κ2) is 7.08. The molecule has 0 aliphatic rings. The van der Waals surface area contributed by atoms with E-state index >= 15 is 0 Å². The number of carbonyl (C=O) groups is 1. The van der Waals surface area contributed by atoms with Gasteiger partial charge in [-0.2, -0.15) is 0 Å². The Morgan fingerprint density at radius 3 is 1.77 bits per heavy atom. The predicted molar refractivity (Wildman–Crippen MR) is 90.4 cm³/mol. The van der Waals surface area contributed by atoms with Gasteiger partial charge in [0.2, 0.25) is 0 Å². The third-order valence-electron chi connectivity index (χ3n) is 3.08. The van der Waals surface area contributed by atoms with Crippen molar-refractivity contribution >= 4 is 11.5 Å². The first kappa shape index (κ1) is 16.0. The van der Waals surface area contributed by atoms with E-state index in [-0.39, 0.29) is 11.4 Å². The van der Waals surface area contributed by atoms with Gasteiger partial charge in [0.05, 0.1) is 6.61 Å². The van der Waals surface area contributed by atoms with Crippen molar-refractivity contribution in [1.82, 2.24) is 0 Å². The fourth-order valence-corrected chi connectivity index (χ4v) is 2.02. The fourth-order valence-electron chi connectivity index (χ4n) is 2.02. The third kappa shape index (κ3) is 4.88. The molecule has 0 unspecified atom stereocenters. The highest BCUT2D eigenvalue weighted by atomic mass is 16.5. The summed E-state index contributed by atoms with van der Waals surface area (Å²) in [5.41, 5.74) is 2.84. The molecule has 0 aliphatic heterocycles. The Kier molecular flexibility index (Phi) is 5.16. The number of esters is 1. The number of rotatable bonds is 4. The molecular formula is C20H22O2. The standard InChI is InChI=1S/C20H22O2/c1-20(2,3)15-22-19(21)14-18(16-10-6-4-7-11-16)17-12-8-5-9-13-17/h4-14H,15H2,1-3H3. The van der Waals surface area contributed by atoms with E-state index in [1.807, 2.05) is 81.4 Å². The summed E-state index contributed by atoms with van der Waals surface area (Å²) in [4.78, 5) is 12.1. The molecule has 0 fully saturated rings. The second-order valence-corrected chi connectivity index (χ2v) is 6.46. The van der Waals surface area contributed by atoms with Gasteiger partial charge in [-0.3, -0.25) is 0 Å². The smallest absolute Gasteiger partial charge is 0.331 e. The first-order chi connectivity index (χ1) is 10.5. The maximum Gasteiger partial charge on any atom is 0.331 e. The Hall–Kier alpha value is -2.35. The lowest BCUT2D eigenvalue weighted by Crippen LogP contribution is -2.17. The van der Waals surface area contributed by atoms with Crippen LogP contribution in [0.4, 0.5) is 0 Å². The fraction of sp³-hybridized carbons (Fsp3) is 0.250. The summed E-state index contributed by atoms with van der Waals surface area (Å²) in [5.74, 6) is -0.308. The van der Waals surface area contributed by atoms with Crippen molar-refractivity contribution < 1.29 is 9.53 Å². The highest BCUT2D eigenvalue weighted by Crippen LogP contribution is 2.23. The molecule has 2 heteroatoms. The van der Waals surface area contributed by atoms with Crippen LogP contribution >= 0.6 is 0 Å². The molecule has 114 valence electrons. The average Bonchev–Trinajstić information content (AvgIpc) is 2.52. The number of ether oxygens (including phenoxy) is 1. The first-order valence-electron chi connectivity index (χ1n) is 7.45. The average molecular weight is 294 g/mol. The van der Waals surface area contributed by atoms with E-state index in [0.717, 1.165) is 16.7 Å². The van der Waals surface area contributed by atoms with Crippen molar-refractivity contribution in [2.45, 2.75) is 20.8 Å². The van der Waals surface area contributed by atoms with E-state index in [4.69, 9.17) is 4.74 Å². The monoisotopic (exact) mass is 294 g/mol. The minimum absolute atomic E-state index is 0.0385. The van der Waals surface area contributed by atoms with Crippen LogP contribution in [0, 0.1) is 5.41 Å². The van der Waals surface area contributed by atoms with Crippen LogP contribution in [0.2, 0.25) is 0 Å². The molecule has 0 heterocycles. The third-order valence-corrected chi connectivity index (χ3v) is 3.08. The molecule has 0 spiro atoms. The molecule has 0 bridgehead atoms. The lowest BCUT2D eigenvalue weighted by atomic mass is 9.97. The quantitative estimate of drug-likeness (QED) is 0.603. The lowest BCUT2D eigenvalue weighted by molar-refractivity contribution is -0.140. The molecule has 2 aromatic rings. The van der Waals surface area contributed by atoms with Crippen LogP contribution in [-0.4, -0.2) is 12.6 Å². The summed E-state index contributed by atoms with van der Waals surface area (Å²) in [6.07, 6.45) is 1.58. The Balaban J connectivity index is 2.29. The van der Waals surface area contributed by atoms with Crippen molar-refractivity contribution in [1.29, 1.82) is 0 Å². The van der Waals surface area contributed by atoms with Gasteiger partial charge in [0.1, 0.15) is 0 Å². The zero-order valence-corrected chi connectivity index (χ0v) is 13.4. The molecule has 0 aliphatic carbocycles. The molecule has 0 saturated heterocycles. The summed E-state index contributed by atoms with van der Waals surface area (Å²) < 4.78 is 5.36. The van der Waals surface area contributed by atoms with Gasteiger partial charge in [0.25, 0.3) is 0 Å². The van der Waals surface area contributed by atoms with Gasteiger partial charge in [0.15, 0.2) is 0 Å². The predicted octanol–water partition coefficient (Wildman–Crippen LogP) is 4.71. The van der Waals surface area contributed by atoms with Gasteiger partial charge in [-0.1, -0.05) is 81.4 Å². The maximum atomic E-state index is 12.1. The van der Waals surface area contributed by atoms with Crippen molar-refractivity contribution in [2.24, 2.45) is 5.41 Å². The van der Waals surface area contributed by atoms with Crippen LogP contribution < -0.4 is 0 Å². The lowest BCUT2D eigenvalue weighted by Gasteiger charge is -2.17. The van der Waals surface area contributed by atoms with E-state index in [9.17, 15) is 4.79 Å². The van der Waals surface area contributed by atoms with Crippen molar-refractivity contribution in [3.05, 3.63) is 77.9 Å². The zero-order valence-electron chi connectivity index (χ0n) is 13.4. The van der Waals surface area contributed by atoms with Crippen LogP contribution in [0.15, 0.2) is 66.7 Å². The van der Waals surface area contributed by atoms with E-state index in [0.29, 0.717) is 6.61 Å². The zero-order chi connectivity index (χ0) is 16.0. The minimum atomic E-state index is -0.308. The van der Waals surface area contributed by atoms with E-state index in [1.165, 1.54) is 0 Å². The second-order valence-electron chi connectivity index (χ2n) is 6.46. The Morgan fingerprint density at radius 1 is 0.909 bits per heavy atom. The largest absolute Gasteiger partial charge is 0.462 e. The Labute approximate surface area is 132 Å². The first-order valence-corrected chi connectivity index (χ1v) is 7.45. The normalized spacial score (nSPS) is 10.9. The van der Waals surface area contributed by atoms with E-state index in [2.05, 4.69) is 0 Å². The number of hydrogen-bond acceptors (Lipinski definition) is 2. The topological polar surface area (TPSA) is 26.3 Å². The Bertz CT molecular complexity index is 593. The number of benzene rings is 2. The van der Waals surface area contributed by atoms with Crippen molar-refractivity contribution in [3.63, 3.8) is 0 Å². The summed E-state index contributed by atoms with van der Waals surface area (Å²) >= 11 is 0. The molecule has 0 aromatic heterocycles.